The summed E-state index contributed by atoms with van der Waals surface area (Å²) in [5.74, 6) is 0.319. The Hall–Kier alpha value is -1.85. The lowest BCUT2D eigenvalue weighted by molar-refractivity contribution is -0.128. The number of amides is 2. The first-order chi connectivity index (χ1) is 10.1. The van der Waals surface area contributed by atoms with E-state index in [-0.39, 0.29) is 24.0 Å². The first-order valence-corrected chi connectivity index (χ1v) is 7.53. The fourth-order valence-corrected chi connectivity index (χ4v) is 2.58. The lowest BCUT2D eigenvalue weighted by Gasteiger charge is -2.18. The molecule has 0 aromatic carbocycles. The molecule has 6 heteroatoms. The molecule has 6 nitrogen and oxygen atoms in total. The van der Waals surface area contributed by atoms with Crippen molar-refractivity contribution >= 4 is 11.8 Å². The van der Waals surface area contributed by atoms with Gasteiger partial charge in [-0.15, -0.1) is 0 Å². The number of carbonyl (C=O) groups is 2. The summed E-state index contributed by atoms with van der Waals surface area (Å²) in [6.07, 6.45) is 6.22. The topological polar surface area (TPSA) is 75.4 Å². The van der Waals surface area contributed by atoms with Crippen molar-refractivity contribution in [2.24, 2.45) is 0 Å². The average molecular weight is 293 g/mol. The zero-order valence-corrected chi connectivity index (χ0v) is 12.7. The van der Waals surface area contributed by atoms with Gasteiger partial charge in [-0.2, -0.15) is 0 Å². The predicted octanol–water partition coefficient (Wildman–Crippen LogP) is 1.93. The number of rotatable bonds is 5. The minimum atomic E-state index is -0.309. The molecule has 0 atom stereocenters. The maximum absolute atomic E-state index is 11.9. The molecule has 1 aromatic rings. The average Bonchev–Trinajstić information content (AvgIpc) is 2.97. The SMILES string of the molecule is CN(C)C(=O)CCNC(=O)c1cc(C2CCCCC2)no1. The van der Waals surface area contributed by atoms with Crippen LogP contribution in [0.1, 0.15) is 60.7 Å². The maximum atomic E-state index is 11.9. The second-order valence-electron chi connectivity index (χ2n) is 5.75. The molecule has 0 aliphatic heterocycles. The molecular weight excluding hydrogens is 270 g/mol. The van der Waals surface area contributed by atoms with E-state index in [0.717, 1.165) is 18.5 Å². The van der Waals surface area contributed by atoms with Crippen LogP contribution in [0.25, 0.3) is 0 Å². The van der Waals surface area contributed by atoms with Gasteiger partial charge < -0.3 is 14.7 Å². The molecule has 1 heterocycles. The number of carbonyl (C=O) groups excluding carboxylic acids is 2. The van der Waals surface area contributed by atoms with Gasteiger partial charge in [0.25, 0.3) is 5.91 Å². The van der Waals surface area contributed by atoms with E-state index in [1.165, 1.54) is 24.2 Å². The molecule has 0 radical (unpaired) electrons. The molecule has 1 saturated carbocycles. The summed E-state index contributed by atoms with van der Waals surface area (Å²) in [5, 5.41) is 6.70. The number of aromatic nitrogens is 1. The Morgan fingerprint density at radius 2 is 2.05 bits per heavy atom. The number of hydrogen-bond acceptors (Lipinski definition) is 4. The van der Waals surface area contributed by atoms with Gasteiger partial charge in [0, 0.05) is 39.0 Å². The monoisotopic (exact) mass is 293 g/mol. The fraction of sp³-hybridized carbons (Fsp3) is 0.667. The third-order valence-electron chi connectivity index (χ3n) is 3.90. The van der Waals surface area contributed by atoms with Crippen molar-refractivity contribution in [2.75, 3.05) is 20.6 Å². The van der Waals surface area contributed by atoms with Crippen molar-refractivity contribution in [2.45, 2.75) is 44.4 Å². The lowest BCUT2D eigenvalue weighted by Crippen LogP contribution is -2.30. The largest absolute Gasteiger partial charge is 0.351 e. The Balaban J connectivity index is 1.83. The molecule has 2 rings (SSSR count). The molecule has 1 aliphatic rings. The van der Waals surface area contributed by atoms with Crippen LogP contribution >= 0.6 is 0 Å². The highest BCUT2D eigenvalue weighted by atomic mass is 16.5. The minimum Gasteiger partial charge on any atom is -0.351 e. The molecule has 0 unspecified atom stereocenters. The van der Waals surface area contributed by atoms with Crippen molar-refractivity contribution in [3.63, 3.8) is 0 Å². The van der Waals surface area contributed by atoms with Gasteiger partial charge in [0.15, 0.2) is 0 Å². The molecule has 0 bridgehead atoms. The molecule has 1 aromatic heterocycles. The first kappa shape index (κ1) is 15.5. The summed E-state index contributed by atoms with van der Waals surface area (Å²) in [7, 11) is 3.38. The Morgan fingerprint density at radius 3 is 2.71 bits per heavy atom. The molecule has 1 aliphatic carbocycles. The third kappa shape index (κ3) is 4.31. The molecule has 116 valence electrons. The fourth-order valence-electron chi connectivity index (χ4n) is 2.58. The van der Waals surface area contributed by atoms with Crippen LogP contribution < -0.4 is 5.32 Å². The van der Waals surface area contributed by atoms with Crippen LogP contribution in [0.2, 0.25) is 0 Å². The van der Waals surface area contributed by atoms with Crippen LogP contribution in [0.5, 0.6) is 0 Å². The van der Waals surface area contributed by atoms with E-state index in [4.69, 9.17) is 4.52 Å². The van der Waals surface area contributed by atoms with Crippen LogP contribution in [-0.2, 0) is 4.79 Å². The molecule has 0 saturated heterocycles. The Morgan fingerprint density at radius 1 is 1.33 bits per heavy atom. The quantitative estimate of drug-likeness (QED) is 0.900. The zero-order chi connectivity index (χ0) is 15.2. The van der Waals surface area contributed by atoms with Crippen LogP contribution in [-0.4, -0.2) is 42.5 Å². The molecule has 21 heavy (non-hydrogen) atoms. The van der Waals surface area contributed by atoms with Crippen LogP contribution in [0.4, 0.5) is 0 Å². The van der Waals surface area contributed by atoms with Gasteiger partial charge in [0.05, 0.1) is 5.69 Å². The molecule has 1 fully saturated rings. The van der Waals surface area contributed by atoms with Gasteiger partial charge in [-0.25, -0.2) is 0 Å². The van der Waals surface area contributed by atoms with E-state index >= 15 is 0 Å². The molecular formula is C15H23N3O3. The maximum Gasteiger partial charge on any atom is 0.289 e. The highest BCUT2D eigenvalue weighted by Crippen LogP contribution is 2.32. The Bertz CT molecular complexity index is 490. The van der Waals surface area contributed by atoms with Crippen LogP contribution in [0.15, 0.2) is 10.6 Å². The van der Waals surface area contributed by atoms with E-state index in [2.05, 4.69) is 10.5 Å². The van der Waals surface area contributed by atoms with E-state index < -0.39 is 0 Å². The number of nitrogens with one attached hydrogen (secondary N) is 1. The number of nitrogens with zero attached hydrogens (tertiary/aromatic N) is 2. The van der Waals surface area contributed by atoms with Crippen molar-refractivity contribution < 1.29 is 14.1 Å². The summed E-state index contributed by atoms with van der Waals surface area (Å²) < 4.78 is 5.13. The van der Waals surface area contributed by atoms with E-state index in [0.29, 0.717) is 12.5 Å². The highest BCUT2D eigenvalue weighted by molar-refractivity contribution is 5.91. The predicted molar refractivity (Wildman–Crippen MR) is 78.0 cm³/mol. The van der Waals surface area contributed by atoms with Crippen LogP contribution in [0.3, 0.4) is 0 Å². The van der Waals surface area contributed by atoms with E-state index in [1.807, 2.05) is 0 Å². The summed E-state index contributed by atoms with van der Waals surface area (Å²) in [4.78, 5) is 24.8. The van der Waals surface area contributed by atoms with Crippen molar-refractivity contribution in [1.29, 1.82) is 0 Å². The smallest absolute Gasteiger partial charge is 0.289 e. The number of hydrogen-bond donors (Lipinski definition) is 1. The van der Waals surface area contributed by atoms with Crippen molar-refractivity contribution in [1.82, 2.24) is 15.4 Å². The highest BCUT2D eigenvalue weighted by Gasteiger charge is 2.21. The molecule has 1 N–H and O–H groups in total. The van der Waals surface area contributed by atoms with E-state index in [1.54, 1.807) is 20.2 Å². The van der Waals surface area contributed by atoms with Gasteiger partial charge in [0.1, 0.15) is 0 Å². The standard InChI is InChI=1S/C15H23N3O3/c1-18(2)14(19)8-9-16-15(20)13-10-12(17-21-13)11-6-4-3-5-7-11/h10-11H,3-9H2,1-2H3,(H,16,20). The van der Waals surface area contributed by atoms with E-state index in [9.17, 15) is 9.59 Å². The zero-order valence-electron chi connectivity index (χ0n) is 12.7. The van der Waals surface area contributed by atoms with Crippen molar-refractivity contribution in [3.05, 3.63) is 17.5 Å². The third-order valence-corrected chi connectivity index (χ3v) is 3.90. The molecule has 2 amide bonds. The second-order valence-corrected chi connectivity index (χ2v) is 5.75. The van der Waals surface area contributed by atoms with Gasteiger partial charge in [-0.05, 0) is 12.8 Å². The van der Waals surface area contributed by atoms with Gasteiger partial charge in [0.2, 0.25) is 11.7 Å². The Kier molecular flexibility index (Phi) is 5.36. The normalized spacial score (nSPS) is 15.7. The summed E-state index contributed by atoms with van der Waals surface area (Å²) in [6.45, 7) is 0.301. The summed E-state index contributed by atoms with van der Waals surface area (Å²) >= 11 is 0. The molecule has 0 spiro atoms. The van der Waals surface area contributed by atoms with Gasteiger partial charge in [-0.1, -0.05) is 24.4 Å². The van der Waals surface area contributed by atoms with Gasteiger partial charge in [-0.3, -0.25) is 9.59 Å². The van der Waals surface area contributed by atoms with Gasteiger partial charge >= 0.3 is 0 Å². The second kappa shape index (κ2) is 7.24. The minimum absolute atomic E-state index is 0.0178. The lowest BCUT2D eigenvalue weighted by atomic mass is 9.87. The van der Waals surface area contributed by atoms with Crippen molar-refractivity contribution in [3.8, 4) is 0 Å². The van der Waals surface area contributed by atoms with Crippen LogP contribution in [0, 0.1) is 0 Å². The first-order valence-electron chi connectivity index (χ1n) is 7.53. The summed E-state index contributed by atoms with van der Waals surface area (Å²) in [6, 6.07) is 1.74. The summed E-state index contributed by atoms with van der Waals surface area (Å²) in [5.41, 5.74) is 0.879. The Labute approximate surface area is 124 Å².